The van der Waals surface area contributed by atoms with Crippen LogP contribution >= 0.6 is 0 Å². The fourth-order valence-corrected chi connectivity index (χ4v) is 3.39. The molecule has 0 saturated heterocycles. The van der Waals surface area contributed by atoms with Crippen LogP contribution in [0.25, 0.3) is 0 Å². The molecule has 2 N–H and O–H groups in total. The fourth-order valence-electron chi connectivity index (χ4n) is 3.39. The van der Waals surface area contributed by atoms with E-state index in [1.807, 2.05) is 57.2 Å². The third kappa shape index (κ3) is 8.69. The van der Waals surface area contributed by atoms with E-state index in [-0.39, 0.29) is 12.1 Å². The Balaban J connectivity index is 2.34. The number of carbonyl (C=O) groups excluding carboxylic acids is 2. The van der Waals surface area contributed by atoms with Crippen molar-refractivity contribution in [1.29, 1.82) is 0 Å². The number of methoxy groups -OCH3 is 1. The van der Waals surface area contributed by atoms with Gasteiger partial charge in [0.15, 0.2) is 0 Å². The first-order valence-corrected chi connectivity index (χ1v) is 11.4. The Kier molecular flexibility index (Phi) is 10.6. The Hall–Kier alpha value is -4.01. The molecule has 2 aromatic rings. The van der Waals surface area contributed by atoms with E-state index in [0.29, 0.717) is 12.1 Å². The normalized spacial score (nSPS) is 13.5. The molecule has 35 heavy (non-hydrogen) atoms. The van der Waals surface area contributed by atoms with Crippen LogP contribution in [0.3, 0.4) is 0 Å². The van der Waals surface area contributed by atoms with Gasteiger partial charge in [0.1, 0.15) is 6.04 Å². The van der Waals surface area contributed by atoms with Gasteiger partial charge in [0.05, 0.1) is 23.8 Å². The van der Waals surface area contributed by atoms with Gasteiger partial charge in [-0.05, 0) is 37.8 Å². The molecule has 9 heteroatoms. The van der Waals surface area contributed by atoms with Gasteiger partial charge >= 0.3 is 6.09 Å². The van der Waals surface area contributed by atoms with Crippen molar-refractivity contribution in [3.63, 3.8) is 0 Å². The zero-order valence-corrected chi connectivity index (χ0v) is 20.5. The number of non-ortho nitro benzene ring substituents is 1. The lowest BCUT2D eigenvalue weighted by atomic mass is 10.0. The van der Waals surface area contributed by atoms with Crippen molar-refractivity contribution < 1.29 is 19.2 Å². The number of hydrogen-bond acceptors (Lipinski definition) is 6. The summed E-state index contributed by atoms with van der Waals surface area (Å²) >= 11 is 0. The summed E-state index contributed by atoms with van der Waals surface area (Å²) in [6.45, 7) is 5.74. The Labute approximate surface area is 205 Å². The quantitative estimate of drug-likeness (QED) is 0.281. The van der Waals surface area contributed by atoms with E-state index in [1.165, 1.54) is 19.2 Å². The second kappa shape index (κ2) is 13.6. The van der Waals surface area contributed by atoms with E-state index in [2.05, 4.69) is 15.6 Å². The summed E-state index contributed by atoms with van der Waals surface area (Å²) in [6, 6.07) is 14.1. The van der Waals surface area contributed by atoms with Crippen molar-refractivity contribution in [3.8, 4) is 0 Å². The maximum absolute atomic E-state index is 13.4. The number of aliphatic imine (C=N–C) groups is 1. The predicted molar refractivity (Wildman–Crippen MR) is 135 cm³/mol. The van der Waals surface area contributed by atoms with Gasteiger partial charge in [-0.25, -0.2) is 4.79 Å². The van der Waals surface area contributed by atoms with Gasteiger partial charge < -0.3 is 15.4 Å². The summed E-state index contributed by atoms with van der Waals surface area (Å²) in [7, 11) is 1.24. The molecule has 2 rings (SSSR count). The highest BCUT2D eigenvalue weighted by atomic mass is 16.6. The summed E-state index contributed by atoms with van der Waals surface area (Å²) < 4.78 is 4.72. The van der Waals surface area contributed by atoms with Crippen LogP contribution in [0.15, 0.2) is 71.4 Å². The molecule has 0 saturated carbocycles. The smallest absolute Gasteiger partial charge is 0.407 e. The molecule has 186 valence electrons. The number of ether oxygens (including phenoxy) is 1. The Morgan fingerprint density at radius 1 is 1.03 bits per heavy atom. The molecule has 0 aliphatic carbocycles. The molecular weight excluding hydrogens is 448 g/mol. The molecule has 0 fully saturated rings. The molecule has 9 nitrogen and oxygen atoms in total. The summed E-state index contributed by atoms with van der Waals surface area (Å²) in [5, 5.41) is 16.6. The van der Waals surface area contributed by atoms with Crippen molar-refractivity contribution in [1.82, 2.24) is 10.6 Å². The number of alkyl carbamates (subject to hydrolysis) is 1. The number of hydrogen-bond donors (Lipinski definition) is 2. The molecule has 0 radical (unpaired) electrons. The number of carbonyl (C=O) groups is 2. The van der Waals surface area contributed by atoms with Crippen LogP contribution in [-0.2, 0) is 22.4 Å². The highest BCUT2D eigenvalue weighted by Gasteiger charge is 2.26. The van der Waals surface area contributed by atoms with E-state index in [4.69, 9.17) is 4.74 Å². The second-order valence-electron chi connectivity index (χ2n) is 7.98. The zero-order chi connectivity index (χ0) is 25.8. The van der Waals surface area contributed by atoms with Crippen molar-refractivity contribution in [2.24, 2.45) is 4.99 Å². The molecule has 0 spiro atoms. The highest BCUT2D eigenvalue weighted by molar-refractivity contribution is 5.87. The van der Waals surface area contributed by atoms with Crippen molar-refractivity contribution in [3.05, 3.63) is 87.6 Å². The minimum atomic E-state index is -0.876. The number of nitro groups is 1. The molecule has 0 bridgehead atoms. The van der Waals surface area contributed by atoms with E-state index >= 15 is 0 Å². The molecule has 0 unspecified atom stereocenters. The molecule has 0 aromatic heterocycles. The zero-order valence-electron chi connectivity index (χ0n) is 20.5. The fraction of sp³-hybridized carbons (Fsp3) is 0.346. The molecular formula is C26H32N4O5. The highest BCUT2D eigenvalue weighted by Crippen LogP contribution is 2.17. The van der Waals surface area contributed by atoms with E-state index in [1.54, 1.807) is 12.1 Å². The average molecular weight is 481 g/mol. The van der Waals surface area contributed by atoms with Crippen LogP contribution in [0.5, 0.6) is 0 Å². The molecule has 2 aromatic carbocycles. The van der Waals surface area contributed by atoms with Crippen molar-refractivity contribution >= 4 is 23.4 Å². The third-order valence-corrected chi connectivity index (χ3v) is 5.46. The van der Waals surface area contributed by atoms with Gasteiger partial charge in [-0.3, -0.25) is 19.9 Å². The van der Waals surface area contributed by atoms with Crippen molar-refractivity contribution in [2.75, 3.05) is 7.11 Å². The predicted octanol–water partition coefficient (Wildman–Crippen LogP) is 4.36. The van der Waals surface area contributed by atoms with Crippen LogP contribution in [-0.4, -0.2) is 41.8 Å². The third-order valence-electron chi connectivity index (χ3n) is 5.46. The average Bonchev–Trinajstić information content (AvgIpc) is 2.87. The number of amides is 2. The summed E-state index contributed by atoms with van der Waals surface area (Å²) in [5.41, 5.74) is 3.22. The first-order chi connectivity index (χ1) is 16.8. The van der Waals surface area contributed by atoms with Crippen molar-refractivity contribution in [2.45, 2.75) is 52.1 Å². The molecule has 0 aliphatic heterocycles. The van der Waals surface area contributed by atoms with Gasteiger partial charge in [0, 0.05) is 24.3 Å². The Morgan fingerprint density at radius 2 is 1.63 bits per heavy atom. The number of allylic oxidation sites excluding steroid dienone is 1. The SMILES string of the molecule is C/C=C(\N=C(C)CC)[C@H](Cc1ccc([N+](=O)[O-])cc1)NC(=O)[C@H](Cc1ccccc1)NC(=O)OC. The van der Waals surface area contributed by atoms with Crippen LogP contribution < -0.4 is 10.6 Å². The number of benzene rings is 2. The lowest BCUT2D eigenvalue weighted by Gasteiger charge is -2.24. The largest absolute Gasteiger partial charge is 0.453 e. The van der Waals surface area contributed by atoms with Gasteiger partial charge in [-0.2, -0.15) is 0 Å². The molecule has 0 aliphatic rings. The number of nitro benzene ring substituents is 1. The van der Waals surface area contributed by atoms with E-state index in [9.17, 15) is 19.7 Å². The minimum absolute atomic E-state index is 0.00866. The lowest BCUT2D eigenvalue weighted by molar-refractivity contribution is -0.384. The van der Waals surface area contributed by atoms with Crippen LogP contribution in [0.1, 0.15) is 38.3 Å². The van der Waals surface area contributed by atoms with Gasteiger partial charge in [-0.15, -0.1) is 0 Å². The van der Waals surface area contributed by atoms with Crippen LogP contribution in [0.2, 0.25) is 0 Å². The minimum Gasteiger partial charge on any atom is -0.453 e. The summed E-state index contributed by atoms with van der Waals surface area (Å²) in [6.07, 6.45) is 2.50. The molecule has 0 heterocycles. The molecule has 2 amide bonds. The maximum Gasteiger partial charge on any atom is 0.407 e. The standard InChI is InChI=1S/C26H32N4O5/c1-5-18(3)27-22(6-2)23(16-20-12-14-21(15-13-20)30(33)34)28-25(31)24(29-26(32)35-4)17-19-10-8-7-9-11-19/h6-15,23-24H,5,16-17H2,1-4H3,(H,28,31)(H,29,32)/b22-6-,27-18?/t23-,24-/m0/s1. The van der Waals surface area contributed by atoms with Crippen LogP contribution in [0.4, 0.5) is 10.5 Å². The monoisotopic (exact) mass is 480 g/mol. The Bertz CT molecular complexity index is 1060. The Morgan fingerprint density at radius 3 is 2.17 bits per heavy atom. The number of nitrogens with one attached hydrogen (secondary N) is 2. The topological polar surface area (TPSA) is 123 Å². The van der Waals surface area contributed by atoms with E-state index < -0.39 is 29.0 Å². The number of nitrogens with zero attached hydrogens (tertiary/aromatic N) is 2. The number of rotatable bonds is 11. The summed E-state index contributed by atoms with van der Waals surface area (Å²) in [5.74, 6) is -0.394. The van der Waals surface area contributed by atoms with Gasteiger partial charge in [0.2, 0.25) is 5.91 Å². The van der Waals surface area contributed by atoms with Gasteiger partial charge in [0.25, 0.3) is 5.69 Å². The molecule has 2 atom stereocenters. The maximum atomic E-state index is 13.4. The summed E-state index contributed by atoms with van der Waals surface area (Å²) in [4.78, 5) is 40.5. The van der Waals surface area contributed by atoms with E-state index in [0.717, 1.165) is 23.3 Å². The lowest BCUT2D eigenvalue weighted by Crippen LogP contribution is -2.51. The first kappa shape index (κ1) is 27.2. The van der Waals surface area contributed by atoms with Crippen LogP contribution in [0, 0.1) is 10.1 Å². The first-order valence-electron chi connectivity index (χ1n) is 11.4. The second-order valence-corrected chi connectivity index (χ2v) is 7.98. The van der Waals surface area contributed by atoms with Gasteiger partial charge in [-0.1, -0.05) is 55.5 Å².